The number of carbonyl (C=O) groups excluding carboxylic acids is 2. The summed E-state index contributed by atoms with van der Waals surface area (Å²) >= 11 is 0. The van der Waals surface area contributed by atoms with Crippen molar-refractivity contribution in [3.05, 3.63) is 47.5 Å². The summed E-state index contributed by atoms with van der Waals surface area (Å²) in [6, 6.07) is 4.62. The van der Waals surface area contributed by atoms with Gasteiger partial charge in [-0.05, 0) is 37.6 Å². The maximum absolute atomic E-state index is 12.8. The van der Waals surface area contributed by atoms with E-state index in [-0.39, 0.29) is 12.4 Å². The number of nitrogens with zero attached hydrogens (tertiary/aromatic N) is 3. The minimum atomic E-state index is -1.58. The number of methoxy groups -OCH3 is 1. The standard InChI is InChI=1S/C23H20N6O4/c1-12-14(9-24-19-18(12)25-13(2)26-19)6-7-23(21(31)27-22(32)28-23)11-29-10-15-4-5-16(33-3)8-17(15)20(29)30/h4-5,8-10,30H,11H2,1-3H3,(H,24,25,26)(H2,27,28,31,32)/t23-/m1/s1. The minimum absolute atomic E-state index is 0.0637. The smallest absolute Gasteiger partial charge is 0.323 e. The topological polar surface area (TPSA) is 134 Å². The van der Waals surface area contributed by atoms with Crippen molar-refractivity contribution in [3.63, 3.8) is 0 Å². The Hall–Kier alpha value is -4.52. The maximum Gasteiger partial charge on any atom is 0.323 e. The van der Waals surface area contributed by atoms with Crippen LogP contribution in [-0.2, 0) is 11.3 Å². The lowest BCUT2D eigenvalue weighted by molar-refractivity contribution is -0.122. The number of urea groups is 1. The van der Waals surface area contributed by atoms with Crippen LogP contribution in [0.4, 0.5) is 4.79 Å². The number of aromatic amines is 1. The Morgan fingerprint density at radius 3 is 2.82 bits per heavy atom. The Kier molecular flexibility index (Phi) is 4.49. The van der Waals surface area contributed by atoms with E-state index in [9.17, 15) is 14.7 Å². The Bertz CT molecular complexity index is 1520. The predicted octanol–water partition coefficient (Wildman–Crippen LogP) is 1.87. The normalized spacial score (nSPS) is 17.7. The van der Waals surface area contributed by atoms with Crippen molar-refractivity contribution in [1.29, 1.82) is 0 Å². The molecule has 1 aliphatic rings. The summed E-state index contributed by atoms with van der Waals surface area (Å²) < 4.78 is 6.71. The third-order valence-corrected chi connectivity index (χ3v) is 5.73. The first-order valence-corrected chi connectivity index (χ1v) is 10.1. The van der Waals surface area contributed by atoms with Gasteiger partial charge in [0.1, 0.15) is 11.6 Å². The molecule has 1 atom stereocenters. The van der Waals surface area contributed by atoms with Crippen LogP contribution in [0, 0.1) is 25.7 Å². The van der Waals surface area contributed by atoms with E-state index in [4.69, 9.17) is 4.74 Å². The molecule has 4 N–H and O–H groups in total. The van der Waals surface area contributed by atoms with E-state index in [2.05, 4.69) is 37.4 Å². The third-order valence-electron chi connectivity index (χ3n) is 5.73. The fourth-order valence-electron chi connectivity index (χ4n) is 3.95. The van der Waals surface area contributed by atoms with Gasteiger partial charge in [0.25, 0.3) is 5.91 Å². The zero-order chi connectivity index (χ0) is 23.3. The maximum atomic E-state index is 12.8. The van der Waals surface area contributed by atoms with Gasteiger partial charge in [-0.1, -0.05) is 11.8 Å². The highest BCUT2D eigenvalue weighted by molar-refractivity contribution is 6.09. The molecule has 10 nitrogen and oxygen atoms in total. The molecule has 0 spiro atoms. The molecule has 1 aliphatic heterocycles. The van der Waals surface area contributed by atoms with Gasteiger partial charge in [0.15, 0.2) is 11.5 Å². The number of hydrogen-bond donors (Lipinski definition) is 4. The molecule has 0 unspecified atom stereocenters. The average Bonchev–Trinajstić information content (AvgIpc) is 3.41. The van der Waals surface area contributed by atoms with Gasteiger partial charge < -0.3 is 24.7 Å². The van der Waals surface area contributed by atoms with Crippen molar-refractivity contribution < 1.29 is 19.4 Å². The van der Waals surface area contributed by atoms with E-state index < -0.39 is 17.5 Å². The van der Waals surface area contributed by atoms with Gasteiger partial charge >= 0.3 is 6.03 Å². The number of carbonyl (C=O) groups is 2. The van der Waals surface area contributed by atoms with Gasteiger partial charge in [0.05, 0.1) is 19.2 Å². The number of aryl methyl sites for hydroxylation is 2. The number of rotatable bonds is 3. The summed E-state index contributed by atoms with van der Waals surface area (Å²) in [6.07, 6.45) is 3.28. The molecule has 0 radical (unpaired) electrons. The Balaban J connectivity index is 1.58. The van der Waals surface area contributed by atoms with Crippen LogP contribution in [-0.4, -0.2) is 49.2 Å². The SMILES string of the molecule is COc1ccc2cn(C[C@@]3(C#Cc4cnc5nc(C)[nH]c5c4C)NC(=O)NC3=O)c(O)c2c1. The number of hydrogen-bond acceptors (Lipinski definition) is 6. The predicted molar refractivity (Wildman–Crippen MR) is 120 cm³/mol. The average molecular weight is 444 g/mol. The summed E-state index contributed by atoms with van der Waals surface area (Å²) in [7, 11) is 1.54. The summed E-state index contributed by atoms with van der Waals surface area (Å²) in [6.45, 7) is 3.62. The molecule has 0 bridgehead atoms. The van der Waals surface area contributed by atoms with Crippen LogP contribution in [0.5, 0.6) is 11.6 Å². The van der Waals surface area contributed by atoms with Crippen molar-refractivity contribution in [1.82, 2.24) is 30.2 Å². The molecule has 10 heteroatoms. The number of H-pyrrole nitrogens is 1. The number of pyridine rings is 1. The molecule has 3 amide bonds. The molecule has 33 heavy (non-hydrogen) atoms. The number of nitrogens with one attached hydrogen (secondary N) is 3. The van der Waals surface area contributed by atoms with Crippen LogP contribution in [0.15, 0.2) is 30.6 Å². The summed E-state index contributed by atoms with van der Waals surface area (Å²) in [5, 5.41) is 17.0. The number of imide groups is 1. The molecular weight excluding hydrogens is 424 g/mol. The van der Waals surface area contributed by atoms with Gasteiger partial charge in [-0.2, -0.15) is 0 Å². The molecule has 4 aromatic rings. The van der Waals surface area contributed by atoms with Gasteiger partial charge in [-0.25, -0.2) is 14.8 Å². The first-order chi connectivity index (χ1) is 15.8. The highest BCUT2D eigenvalue weighted by Gasteiger charge is 2.46. The second-order valence-corrected chi connectivity index (χ2v) is 7.92. The van der Waals surface area contributed by atoms with Crippen LogP contribution in [0.3, 0.4) is 0 Å². The van der Waals surface area contributed by atoms with Crippen molar-refractivity contribution in [2.45, 2.75) is 25.9 Å². The Morgan fingerprint density at radius 1 is 1.27 bits per heavy atom. The zero-order valence-electron chi connectivity index (χ0n) is 18.1. The molecule has 3 aromatic heterocycles. The first kappa shape index (κ1) is 20.4. The second-order valence-electron chi connectivity index (χ2n) is 7.92. The molecule has 5 rings (SSSR count). The van der Waals surface area contributed by atoms with Crippen molar-refractivity contribution in [2.24, 2.45) is 0 Å². The highest BCUT2D eigenvalue weighted by Crippen LogP contribution is 2.32. The number of fused-ring (bicyclic) bond motifs is 2. The Morgan fingerprint density at radius 2 is 2.09 bits per heavy atom. The van der Waals surface area contributed by atoms with Crippen LogP contribution in [0.2, 0.25) is 0 Å². The van der Waals surface area contributed by atoms with E-state index in [0.29, 0.717) is 22.3 Å². The van der Waals surface area contributed by atoms with E-state index in [0.717, 1.165) is 22.3 Å². The van der Waals surface area contributed by atoms with E-state index in [1.54, 1.807) is 30.6 Å². The van der Waals surface area contributed by atoms with E-state index in [1.165, 1.54) is 11.7 Å². The van der Waals surface area contributed by atoms with Crippen LogP contribution >= 0.6 is 0 Å². The van der Waals surface area contributed by atoms with Gasteiger partial charge in [-0.15, -0.1) is 0 Å². The monoisotopic (exact) mass is 444 g/mol. The molecular formula is C23H20N6O4. The minimum Gasteiger partial charge on any atom is -0.497 e. The lowest BCUT2D eigenvalue weighted by atomic mass is 9.99. The number of imidazole rings is 1. The van der Waals surface area contributed by atoms with Gasteiger partial charge in [0.2, 0.25) is 5.54 Å². The molecule has 4 heterocycles. The number of aromatic hydroxyl groups is 1. The molecule has 0 saturated carbocycles. The second kappa shape index (κ2) is 7.27. The van der Waals surface area contributed by atoms with Crippen LogP contribution in [0.25, 0.3) is 21.9 Å². The number of benzene rings is 1. The summed E-state index contributed by atoms with van der Waals surface area (Å²) in [5.41, 5.74) is 1.17. The van der Waals surface area contributed by atoms with Crippen molar-refractivity contribution >= 4 is 33.9 Å². The van der Waals surface area contributed by atoms with Crippen molar-refractivity contribution in [3.8, 4) is 23.5 Å². The quantitative estimate of drug-likeness (QED) is 0.282. The molecule has 1 fully saturated rings. The largest absolute Gasteiger partial charge is 0.497 e. The molecule has 0 aliphatic carbocycles. The van der Waals surface area contributed by atoms with Gasteiger partial charge in [-0.3, -0.25) is 10.1 Å². The van der Waals surface area contributed by atoms with E-state index in [1.807, 2.05) is 13.8 Å². The van der Waals surface area contributed by atoms with Crippen LogP contribution < -0.4 is 15.4 Å². The fraction of sp³-hybridized carbons (Fsp3) is 0.217. The first-order valence-electron chi connectivity index (χ1n) is 10.1. The fourth-order valence-corrected chi connectivity index (χ4v) is 3.95. The molecule has 166 valence electrons. The Labute approximate surface area is 188 Å². The lowest BCUT2D eigenvalue weighted by Crippen LogP contribution is -2.49. The van der Waals surface area contributed by atoms with E-state index >= 15 is 0 Å². The molecule has 1 saturated heterocycles. The van der Waals surface area contributed by atoms with Gasteiger partial charge in [0, 0.05) is 28.7 Å². The lowest BCUT2D eigenvalue weighted by Gasteiger charge is -2.20. The zero-order valence-corrected chi connectivity index (χ0v) is 18.1. The number of aromatic nitrogens is 4. The van der Waals surface area contributed by atoms with Crippen molar-refractivity contribution in [2.75, 3.05) is 7.11 Å². The third kappa shape index (κ3) is 3.30. The summed E-state index contributed by atoms with van der Waals surface area (Å²) in [4.78, 5) is 36.6. The van der Waals surface area contributed by atoms with Crippen LogP contribution in [0.1, 0.15) is 17.0 Å². The number of amides is 3. The number of ether oxygens (including phenoxy) is 1. The summed E-state index contributed by atoms with van der Waals surface area (Å²) in [5.74, 6) is 6.57. The molecule has 1 aromatic carbocycles. The highest BCUT2D eigenvalue weighted by atomic mass is 16.5.